The van der Waals surface area contributed by atoms with Crippen LogP contribution in [0.15, 0.2) is 30.9 Å². The summed E-state index contributed by atoms with van der Waals surface area (Å²) in [4.78, 5) is 10.9. The Morgan fingerprint density at radius 3 is 2.89 bits per heavy atom. The van der Waals surface area contributed by atoms with Crippen LogP contribution >= 0.6 is 0 Å². The highest BCUT2D eigenvalue weighted by molar-refractivity contribution is 5.90. The Hall–Kier alpha value is -1.81. The molecule has 1 rings (SSSR count). The molecule has 0 aliphatic carbocycles. The van der Waals surface area contributed by atoms with Crippen molar-refractivity contribution in [1.29, 1.82) is 0 Å². The standard InChI is InChI=1S/C14H18O4/c1-3-4-5-8-18-10-11-6-7-12(14(15)16)13(9-11)17-2/h3,6-7,9H,1,4-5,8,10H2,2H3,(H,15,16). The molecule has 0 unspecified atom stereocenters. The van der Waals surface area contributed by atoms with Gasteiger partial charge >= 0.3 is 5.97 Å². The molecule has 1 aromatic carbocycles. The van der Waals surface area contributed by atoms with Crippen molar-refractivity contribution in [2.75, 3.05) is 13.7 Å². The molecule has 0 saturated carbocycles. The van der Waals surface area contributed by atoms with E-state index in [4.69, 9.17) is 14.6 Å². The lowest BCUT2D eigenvalue weighted by Crippen LogP contribution is -2.02. The SMILES string of the molecule is C=CCCCOCc1ccc(C(=O)O)c(OC)c1. The lowest BCUT2D eigenvalue weighted by molar-refractivity contribution is 0.0693. The van der Waals surface area contributed by atoms with E-state index in [1.807, 2.05) is 6.08 Å². The number of carbonyl (C=O) groups is 1. The summed E-state index contributed by atoms with van der Waals surface area (Å²) in [5.41, 5.74) is 1.06. The van der Waals surface area contributed by atoms with Crippen molar-refractivity contribution in [3.63, 3.8) is 0 Å². The number of carboxylic acids is 1. The predicted octanol–water partition coefficient (Wildman–Crippen LogP) is 2.88. The Morgan fingerprint density at radius 1 is 1.50 bits per heavy atom. The molecule has 0 saturated heterocycles. The van der Waals surface area contributed by atoms with Crippen molar-refractivity contribution in [2.45, 2.75) is 19.4 Å². The van der Waals surface area contributed by atoms with E-state index in [-0.39, 0.29) is 5.56 Å². The average Bonchev–Trinajstić information content (AvgIpc) is 2.38. The fourth-order valence-electron chi connectivity index (χ4n) is 1.52. The Bertz CT molecular complexity index is 412. The van der Waals surface area contributed by atoms with Gasteiger partial charge < -0.3 is 14.6 Å². The molecular formula is C14H18O4. The van der Waals surface area contributed by atoms with Gasteiger partial charge in [0.2, 0.25) is 0 Å². The Morgan fingerprint density at radius 2 is 2.28 bits per heavy atom. The molecule has 0 fully saturated rings. The predicted molar refractivity (Wildman–Crippen MR) is 69.0 cm³/mol. The van der Waals surface area contributed by atoms with Gasteiger partial charge in [-0.25, -0.2) is 4.79 Å². The first-order valence-corrected chi connectivity index (χ1v) is 5.78. The molecule has 0 aromatic heterocycles. The number of hydrogen-bond acceptors (Lipinski definition) is 3. The van der Waals surface area contributed by atoms with Gasteiger partial charge in [-0.05, 0) is 30.5 Å². The third-order valence-corrected chi connectivity index (χ3v) is 2.46. The molecule has 0 spiro atoms. The van der Waals surface area contributed by atoms with Crippen molar-refractivity contribution < 1.29 is 19.4 Å². The molecule has 4 heteroatoms. The van der Waals surface area contributed by atoms with Crippen molar-refractivity contribution in [2.24, 2.45) is 0 Å². The van der Waals surface area contributed by atoms with Gasteiger partial charge in [-0.2, -0.15) is 0 Å². The number of benzene rings is 1. The van der Waals surface area contributed by atoms with Crippen LogP contribution in [-0.4, -0.2) is 24.8 Å². The number of carboxylic acid groups (broad SMARTS) is 1. The van der Waals surface area contributed by atoms with Crippen LogP contribution in [0.1, 0.15) is 28.8 Å². The van der Waals surface area contributed by atoms with E-state index in [0.29, 0.717) is 19.0 Å². The average molecular weight is 250 g/mol. The lowest BCUT2D eigenvalue weighted by Gasteiger charge is -2.08. The van der Waals surface area contributed by atoms with Gasteiger partial charge in [0.1, 0.15) is 11.3 Å². The number of aromatic carboxylic acids is 1. The Balaban J connectivity index is 2.57. The zero-order valence-corrected chi connectivity index (χ0v) is 10.5. The second-order valence-corrected chi connectivity index (χ2v) is 3.82. The minimum Gasteiger partial charge on any atom is -0.496 e. The van der Waals surface area contributed by atoms with E-state index < -0.39 is 5.97 Å². The molecule has 18 heavy (non-hydrogen) atoms. The normalized spacial score (nSPS) is 10.1. The van der Waals surface area contributed by atoms with Crippen LogP contribution in [0, 0.1) is 0 Å². The number of methoxy groups -OCH3 is 1. The number of hydrogen-bond donors (Lipinski definition) is 1. The largest absolute Gasteiger partial charge is 0.496 e. The summed E-state index contributed by atoms with van der Waals surface area (Å²) in [6.45, 7) is 4.75. The molecule has 0 aliphatic heterocycles. The smallest absolute Gasteiger partial charge is 0.339 e. The fraction of sp³-hybridized carbons (Fsp3) is 0.357. The summed E-state index contributed by atoms with van der Waals surface area (Å²) in [6.07, 6.45) is 3.73. The molecule has 1 N–H and O–H groups in total. The number of allylic oxidation sites excluding steroid dienone is 1. The highest BCUT2D eigenvalue weighted by Crippen LogP contribution is 2.20. The number of rotatable bonds is 8. The molecule has 0 radical (unpaired) electrons. The first kappa shape index (κ1) is 14.3. The molecule has 0 atom stereocenters. The molecular weight excluding hydrogens is 232 g/mol. The molecule has 0 heterocycles. The zero-order chi connectivity index (χ0) is 13.4. The summed E-state index contributed by atoms with van der Waals surface area (Å²) >= 11 is 0. The molecule has 98 valence electrons. The van der Waals surface area contributed by atoms with Crippen molar-refractivity contribution >= 4 is 5.97 Å². The van der Waals surface area contributed by atoms with Crippen LogP contribution in [0.4, 0.5) is 0 Å². The van der Waals surface area contributed by atoms with Crippen LogP contribution in [-0.2, 0) is 11.3 Å². The summed E-state index contributed by atoms with van der Waals surface area (Å²) in [7, 11) is 1.45. The second kappa shape index (κ2) is 7.50. The fourth-order valence-corrected chi connectivity index (χ4v) is 1.52. The van der Waals surface area contributed by atoms with Crippen LogP contribution in [0.3, 0.4) is 0 Å². The van der Waals surface area contributed by atoms with Crippen molar-refractivity contribution in [1.82, 2.24) is 0 Å². The van der Waals surface area contributed by atoms with Gasteiger partial charge in [-0.1, -0.05) is 12.1 Å². The summed E-state index contributed by atoms with van der Waals surface area (Å²) in [5.74, 6) is -0.639. The van der Waals surface area contributed by atoms with Gasteiger partial charge in [0, 0.05) is 6.61 Å². The van der Waals surface area contributed by atoms with Gasteiger partial charge in [-0.15, -0.1) is 6.58 Å². The second-order valence-electron chi connectivity index (χ2n) is 3.82. The van der Waals surface area contributed by atoms with E-state index in [1.54, 1.807) is 12.1 Å². The third-order valence-electron chi connectivity index (χ3n) is 2.46. The van der Waals surface area contributed by atoms with Crippen molar-refractivity contribution in [3.8, 4) is 5.75 Å². The van der Waals surface area contributed by atoms with E-state index >= 15 is 0 Å². The van der Waals surface area contributed by atoms with Gasteiger partial charge in [-0.3, -0.25) is 0 Å². The maximum absolute atomic E-state index is 10.9. The molecule has 0 bridgehead atoms. The highest BCUT2D eigenvalue weighted by atomic mass is 16.5. The quantitative estimate of drug-likeness (QED) is 0.569. The number of ether oxygens (including phenoxy) is 2. The molecule has 4 nitrogen and oxygen atoms in total. The lowest BCUT2D eigenvalue weighted by atomic mass is 10.1. The van der Waals surface area contributed by atoms with Crippen molar-refractivity contribution in [3.05, 3.63) is 42.0 Å². The molecule has 1 aromatic rings. The van der Waals surface area contributed by atoms with Gasteiger partial charge in [0.15, 0.2) is 0 Å². The monoisotopic (exact) mass is 250 g/mol. The van der Waals surface area contributed by atoms with Crippen LogP contribution in [0.25, 0.3) is 0 Å². The van der Waals surface area contributed by atoms with E-state index in [2.05, 4.69) is 6.58 Å². The van der Waals surface area contributed by atoms with Crippen LogP contribution < -0.4 is 4.74 Å². The highest BCUT2D eigenvalue weighted by Gasteiger charge is 2.10. The maximum atomic E-state index is 10.9. The third kappa shape index (κ3) is 4.22. The summed E-state index contributed by atoms with van der Waals surface area (Å²) in [6, 6.07) is 4.96. The van der Waals surface area contributed by atoms with E-state index in [0.717, 1.165) is 18.4 Å². The van der Waals surface area contributed by atoms with E-state index in [1.165, 1.54) is 13.2 Å². The van der Waals surface area contributed by atoms with E-state index in [9.17, 15) is 4.79 Å². The maximum Gasteiger partial charge on any atom is 0.339 e. The number of unbranched alkanes of at least 4 members (excludes halogenated alkanes) is 1. The first-order chi connectivity index (χ1) is 8.69. The molecule has 0 amide bonds. The summed E-state index contributed by atoms with van der Waals surface area (Å²) in [5, 5.41) is 8.94. The van der Waals surface area contributed by atoms with Gasteiger partial charge in [0.25, 0.3) is 0 Å². The first-order valence-electron chi connectivity index (χ1n) is 5.78. The Kier molecular flexibility index (Phi) is 5.94. The summed E-state index contributed by atoms with van der Waals surface area (Å²) < 4.78 is 10.5. The zero-order valence-electron chi connectivity index (χ0n) is 10.5. The molecule has 0 aliphatic rings. The minimum absolute atomic E-state index is 0.160. The van der Waals surface area contributed by atoms with Crippen LogP contribution in [0.2, 0.25) is 0 Å². The topological polar surface area (TPSA) is 55.8 Å². The van der Waals surface area contributed by atoms with Gasteiger partial charge in [0.05, 0.1) is 13.7 Å². The Labute approximate surface area is 107 Å². The van der Waals surface area contributed by atoms with Crippen LogP contribution in [0.5, 0.6) is 5.75 Å². The minimum atomic E-state index is -0.995.